The first-order valence-corrected chi connectivity index (χ1v) is 6.18. The Kier molecular flexibility index (Phi) is 4.05. The van der Waals surface area contributed by atoms with Crippen LogP contribution in [0.3, 0.4) is 0 Å². The van der Waals surface area contributed by atoms with Crippen molar-refractivity contribution in [3.63, 3.8) is 0 Å². The molecule has 0 bridgehead atoms. The molecule has 6 nitrogen and oxygen atoms in total. The van der Waals surface area contributed by atoms with Crippen molar-refractivity contribution in [3.8, 4) is 0 Å². The zero-order valence-corrected chi connectivity index (χ0v) is 11.4. The van der Waals surface area contributed by atoms with Crippen LogP contribution in [0.5, 0.6) is 0 Å². The molecule has 2 rings (SSSR count). The van der Waals surface area contributed by atoms with Crippen LogP contribution in [0.1, 0.15) is 5.56 Å². The number of anilines is 1. The van der Waals surface area contributed by atoms with Gasteiger partial charge in [-0.3, -0.25) is 14.9 Å². The molecule has 0 fully saturated rings. The number of nitro groups is 1. The topological polar surface area (TPSA) is 77.2 Å². The minimum atomic E-state index is -0.466. The summed E-state index contributed by atoms with van der Waals surface area (Å²) in [5, 5.41) is 14.2. The lowest BCUT2D eigenvalue weighted by Crippen LogP contribution is -2.15. The van der Waals surface area contributed by atoms with Gasteiger partial charge in [-0.05, 0) is 17.7 Å². The quantitative estimate of drug-likeness (QED) is 0.694. The predicted molar refractivity (Wildman–Crippen MR) is 77.1 cm³/mol. The predicted octanol–water partition coefficient (Wildman–Crippen LogP) is 2.56. The number of non-ortho nitro benzene ring substituents is 1. The van der Waals surface area contributed by atoms with Crippen LogP contribution in [0, 0.1) is 10.1 Å². The maximum atomic E-state index is 11.3. The molecule has 7 heteroatoms. The van der Waals surface area contributed by atoms with Gasteiger partial charge in [-0.25, -0.2) is 0 Å². The molecule has 0 saturated heterocycles. The summed E-state index contributed by atoms with van der Waals surface area (Å²) in [7, 11) is 1.65. The van der Waals surface area contributed by atoms with E-state index in [1.165, 1.54) is 28.8 Å². The van der Waals surface area contributed by atoms with Crippen molar-refractivity contribution in [2.45, 2.75) is 6.54 Å². The Hall–Kier alpha value is -2.34. The van der Waals surface area contributed by atoms with E-state index < -0.39 is 4.92 Å². The molecule has 0 radical (unpaired) electrons. The largest absolute Gasteiger partial charge is 0.380 e. The molecular formula is C13H12ClN3O3. The highest BCUT2D eigenvalue weighted by atomic mass is 35.5. The Morgan fingerprint density at radius 2 is 2.10 bits per heavy atom. The first-order valence-electron chi connectivity index (χ1n) is 5.81. The summed E-state index contributed by atoms with van der Waals surface area (Å²) in [6, 6.07) is 7.37. The third-order valence-corrected chi connectivity index (χ3v) is 3.18. The van der Waals surface area contributed by atoms with Crippen molar-refractivity contribution in [1.82, 2.24) is 4.57 Å². The van der Waals surface area contributed by atoms with Gasteiger partial charge in [-0.1, -0.05) is 11.6 Å². The van der Waals surface area contributed by atoms with E-state index in [1.807, 2.05) is 0 Å². The van der Waals surface area contributed by atoms with Gasteiger partial charge in [0.2, 0.25) is 5.56 Å². The summed E-state index contributed by atoms with van der Waals surface area (Å²) in [5.74, 6) is 0. The van der Waals surface area contributed by atoms with Gasteiger partial charge in [0, 0.05) is 43.0 Å². The number of aryl methyl sites for hydroxylation is 1. The van der Waals surface area contributed by atoms with Crippen molar-refractivity contribution in [2.75, 3.05) is 5.32 Å². The summed E-state index contributed by atoms with van der Waals surface area (Å²) in [5.41, 5.74) is 1.24. The maximum Gasteiger partial charge on any atom is 0.269 e. The summed E-state index contributed by atoms with van der Waals surface area (Å²) in [6.45, 7) is 0.332. The molecule has 0 atom stereocenters. The molecule has 1 heterocycles. The monoisotopic (exact) mass is 293 g/mol. The fraction of sp³-hybridized carbons (Fsp3) is 0.154. The fourth-order valence-corrected chi connectivity index (χ4v) is 1.89. The van der Waals surface area contributed by atoms with Crippen LogP contribution >= 0.6 is 11.6 Å². The number of benzene rings is 1. The molecule has 0 aliphatic rings. The zero-order valence-electron chi connectivity index (χ0n) is 10.7. The highest BCUT2D eigenvalue weighted by Gasteiger charge is 2.09. The third-order valence-electron chi connectivity index (χ3n) is 2.81. The summed E-state index contributed by atoms with van der Waals surface area (Å²) in [6.07, 6.45) is 1.65. The molecule has 0 spiro atoms. The highest BCUT2D eigenvalue weighted by Crippen LogP contribution is 2.22. The lowest BCUT2D eigenvalue weighted by Gasteiger charge is -2.09. The molecule has 0 aliphatic carbocycles. The lowest BCUT2D eigenvalue weighted by atomic mass is 10.2. The Balaban J connectivity index is 2.17. The molecular weight excluding hydrogens is 282 g/mol. The number of pyridine rings is 1. The Bertz CT molecular complexity index is 712. The summed E-state index contributed by atoms with van der Waals surface area (Å²) < 4.78 is 1.44. The zero-order chi connectivity index (χ0) is 14.7. The molecule has 1 N–H and O–H groups in total. The minimum Gasteiger partial charge on any atom is -0.380 e. The second-order valence-corrected chi connectivity index (χ2v) is 4.66. The van der Waals surface area contributed by atoms with Crippen molar-refractivity contribution < 1.29 is 4.92 Å². The minimum absolute atomic E-state index is 0.00772. The van der Waals surface area contributed by atoms with E-state index >= 15 is 0 Å². The van der Waals surface area contributed by atoms with E-state index in [2.05, 4.69) is 5.32 Å². The lowest BCUT2D eigenvalue weighted by molar-refractivity contribution is -0.384. The number of halogens is 1. The van der Waals surface area contributed by atoms with E-state index in [0.29, 0.717) is 17.1 Å². The SMILES string of the molecule is Cn1cc(NCc2cc([N+](=O)[O-])ccc2Cl)ccc1=O. The van der Waals surface area contributed by atoms with Gasteiger partial charge < -0.3 is 9.88 Å². The van der Waals surface area contributed by atoms with Crippen LogP contribution in [0.2, 0.25) is 5.02 Å². The van der Waals surface area contributed by atoms with E-state index in [0.717, 1.165) is 5.69 Å². The summed E-state index contributed by atoms with van der Waals surface area (Å²) >= 11 is 6.01. The molecule has 0 amide bonds. The van der Waals surface area contributed by atoms with E-state index in [9.17, 15) is 14.9 Å². The number of nitrogens with zero attached hydrogens (tertiary/aromatic N) is 2. The number of aromatic nitrogens is 1. The summed E-state index contributed by atoms with van der Waals surface area (Å²) in [4.78, 5) is 21.5. The van der Waals surface area contributed by atoms with Gasteiger partial charge in [0.05, 0.1) is 10.6 Å². The van der Waals surface area contributed by atoms with Crippen LogP contribution in [0.25, 0.3) is 0 Å². The number of hydrogen-bond acceptors (Lipinski definition) is 4. The number of rotatable bonds is 4. The van der Waals surface area contributed by atoms with Gasteiger partial charge in [0.15, 0.2) is 0 Å². The number of nitrogens with one attached hydrogen (secondary N) is 1. The van der Waals surface area contributed by atoms with Crippen LogP contribution < -0.4 is 10.9 Å². The Morgan fingerprint density at radius 3 is 2.75 bits per heavy atom. The Morgan fingerprint density at radius 1 is 1.35 bits per heavy atom. The molecule has 0 saturated carbocycles. The standard InChI is InChI=1S/C13H12ClN3O3/c1-16-8-10(2-5-13(16)18)15-7-9-6-11(17(19)20)3-4-12(9)14/h2-6,8,15H,7H2,1H3. The van der Waals surface area contributed by atoms with Crippen LogP contribution in [0.4, 0.5) is 11.4 Å². The normalized spacial score (nSPS) is 10.3. The molecule has 20 heavy (non-hydrogen) atoms. The van der Waals surface area contributed by atoms with Gasteiger partial charge in [0.25, 0.3) is 5.69 Å². The van der Waals surface area contributed by atoms with E-state index in [-0.39, 0.29) is 11.2 Å². The van der Waals surface area contributed by atoms with Crippen molar-refractivity contribution in [3.05, 3.63) is 67.6 Å². The van der Waals surface area contributed by atoms with Crippen LogP contribution in [-0.2, 0) is 13.6 Å². The molecule has 104 valence electrons. The second-order valence-electron chi connectivity index (χ2n) is 4.25. The molecule has 2 aromatic rings. The molecule has 0 unspecified atom stereocenters. The third kappa shape index (κ3) is 3.16. The first-order chi connectivity index (χ1) is 9.47. The van der Waals surface area contributed by atoms with Crippen LogP contribution in [0.15, 0.2) is 41.3 Å². The number of hydrogen-bond donors (Lipinski definition) is 1. The second kappa shape index (κ2) is 5.75. The Labute approximate surface area is 119 Å². The van der Waals surface area contributed by atoms with Gasteiger partial charge in [0.1, 0.15) is 0 Å². The average molecular weight is 294 g/mol. The fourth-order valence-electron chi connectivity index (χ4n) is 1.71. The van der Waals surface area contributed by atoms with Gasteiger partial charge in [-0.15, -0.1) is 0 Å². The molecule has 0 aliphatic heterocycles. The molecule has 1 aromatic carbocycles. The van der Waals surface area contributed by atoms with Crippen molar-refractivity contribution >= 4 is 23.0 Å². The van der Waals surface area contributed by atoms with E-state index in [1.54, 1.807) is 19.3 Å². The smallest absolute Gasteiger partial charge is 0.269 e. The van der Waals surface area contributed by atoms with Crippen molar-refractivity contribution in [2.24, 2.45) is 7.05 Å². The molecule has 1 aromatic heterocycles. The maximum absolute atomic E-state index is 11.3. The van der Waals surface area contributed by atoms with Gasteiger partial charge >= 0.3 is 0 Å². The highest BCUT2D eigenvalue weighted by molar-refractivity contribution is 6.31. The first kappa shape index (κ1) is 14.1. The van der Waals surface area contributed by atoms with Crippen LogP contribution in [-0.4, -0.2) is 9.49 Å². The average Bonchev–Trinajstić information content (AvgIpc) is 2.41. The van der Waals surface area contributed by atoms with E-state index in [4.69, 9.17) is 11.6 Å². The van der Waals surface area contributed by atoms with Crippen molar-refractivity contribution in [1.29, 1.82) is 0 Å². The van der Waals surface area contributed by atoms with Gasteiger partial charge in [-0.2, -0.15) is 0 Å². The number of nitro benzene ring substituents is 1.